The maximum atomic E-state index is 12.6. The summed E-state index contributed by atoms with van der Waals surface area (Å²) in [6, 6.07) is 5.70. The zero-order chi connectivity index (χ0) is 16.7. The molecule has 2 aliphatic rings. The topological polar surface area (TPSA) is 59.0 Å². The van der Waals surface area contributed by atoms with Crippen LogP contribution in [0.15, 0.2) is 30.6 Å². The Morgan fingerprint density at radius 3 is 2.92 bits per heavy atom. The molecular formula is C19H22N4O. The number of carbonyl (C=O) groups excluding carboxylic acids is 1. The normalized spacial score (nSPS) is 21.9. The summed E-state index contributed by atoms with van der Waals surface area (Å²) in [5.41, 5.74) is 3.28. The van der Waals surface area contributed by atoms with E-state index in [1.807, 2.05) is 29.3 Å². The van der Waals surface area contributed by atoms with E-state index in [-0.39, 0.29) is 5.91 Å². The first-order valence-electron chi connectivity index (χ1n) is 8.65. The maximum absolute atomic E-state index is 12.6. The molecule has 0 radical (unpaired) electrons. The minimum absolute atomic E-state index is 0.171. The van der Waals surface area contributed by atoms with Gasteiger partial charge in [0.25, 0.3) is 0 Å². The van der Waals surface area contributed by atoms with Gasteiger partial charge in [0.05, 0.1) is 6.42 Å². The van der Waals surface area contributed by atoms with Crippen LogP contribution in [-0.4, -0.2) is 38.8 Å². The molecule has 2 aromatic heterocycles. The molecule has 0 spiro atoms. The Kier molecular flexibility index (Phi) is 3.79. The van der Waals surface area contributed by atoms with Gasteiger partial charge in [-0.3, -0.25) is 9.78 Å². The monoisotopic (exact) mass is 322 g/mol. The Morgan fingerprint density at radius 1 is 1.29 bits per heavy atom. The van der Waals surface area contributed by atoms with Crippen LogP contribution in [0.3, 0.4) is 0 Å². The third kappa shape index (κ3) is 2.68. The van der Waals surface area contributed by atoms with E-state index in [0.717, 1.165) is 31.0 Å². The number of nitrogens with zero attached hydrogens (tertiary/aromatic N) is 4. The third-order valence-corrected chi connectivity index (χ3v) is 5.14. The molecule has 0 unspecified atom stereocenters. The van der Waals surface area contributed by atoms with E-state index in [4.69, 9.17) is 4.98 Å². The van der Waals surface area contributed by atoms with Crippen molar-refractivity contribution in [3.8, 4) is 0 Å². The van der Waals surface area contributed by atoms with Crippen LogP contribution in [0.4, 0.5) is 0 Å². The van der Waals surface area contributed by atoms with Gasteiger partial charge >= 0.3 is 0 Å². The molecule has 2 aromatic rings. The molecule has 4 rings (SSSR count). The minimum Gasteiger partial charge on any atom is -0.341 e. The summed E-state index contributed by atoms with van der Waals surface area (Å²) >= 11 is 0. The van der Waals surface area contributed by atoms with E-state index < -0.39 is 0 Å². The van der Waals surface area contributed by atoms with Gasteiger partial charge in [-0.15, -0.1) is 0 Å². The number of carbonyl (C=O) groups is 1. The lowest BCUT2D eigenvalue weighted by molar-refractivity contribution is -0.129. The maximum Gasteiger partial charge on any atom is 0.228 e. The summed E-state index contributed by atoms with van der Waals surface area (Å²) in [5, 5.41) is 0. The SMILES string of the molecule is CC(C)c1ncc2c(n1)C[C@H]1CN(C(=O)Cc3ccccn3)C[C@@H]21. The Balaban J connectivity index is 1.47. The summed E-state index contributed by atoms with van der Waals surface area (Å²) in [4.78, 5) is 28.1. The number of fused-ring (bicyclic) bond motifs is 3. The number of hydrogen-bond donors (Lipinski definition) is 0. The average Bonchev–Trinajstić information content (AvgIpc) is 3.12. The minimum atomic E-state index is 0.171. The van der Waals surface area contributed by atoms with Gasteiger partial charge in [-0.1, -0.05) is 19.9 Å². The van der Waals surface area contributed by atoms with Gasteiger partial charge in [-0.2, -0.15) is 0 Å². The van der Waals surface area contributed by atoms with E-state index >= 15 is 0 Å². The lowest BCUT2D eigenvalue weighted by Crippen LogP contribution is -2.31. The van der Waals surface area contributed by atoms with Crippen LogP contribution in [-0.2, 0) is 17.6 Å². The highest BCUT2D eigenvalue weighted by Crippen LogP contribution is 2.42. The van der Waals surface area contributed by atoms with Gasteiger partial charge in [-0.05, 0) is 30.0 Å². The molecule has 0 aromatic carbocycles. The molecule has 1 fully saturated rings. The lowest BCUT2D eigenvalue weighted by Gasteiger charge is -2.17. The number of rotatable bonds is 3. The van der Waals surface area contributed by atoms with E-state index in [0.29, 0.717) is 24.2 Å². The third-order valence-electron chi connectivity index (χ3n) is 5.14. The fourth-order valence-electron chi connectivity index (χ4n) is 3.85. The van der Waals surface area contributed by atoms with Gasteiger partial charge in [0.2, 0.25) is 5.91 Å². The molecule has 124 valence electrons. The van der Waals surface area contributed by atoms with Crippen molar-refractivity contribution in [3.63, 3.8) is 0 Å². The molecular weight excluding hydrogens is 300 g/mol. The van der Waals surface area contributed by atoms with Gasteiger partial charge in [0.15, 0.2) is 0 Å². The van der Waals surface area contributed by atoms with Crippen LogP contribution in [0.25, 0.3) is 0 Å². The summed E-state index contributed by atoms with van der Waals surface area (Å²) in [6.45, 7) is 5.85. The van der Waals surface area contributed by atoms with Crippen molar-refractivity contribution < 1.29 is 4.79 Å². The van der Waals surface area contributed by atoms with Crippen LogP contribution < -0.4 is 0 Å². The van der Waals surface area contributed by atoms with Crippen molar-refractivity contribution in [1.29, 1.82) is 0 Å². The predicted octanol–water partition coefficient (Wildman–Crippen LogP) is 2.34. The molecule has 24 heavy (non-hydrogen) atoms. The number of likely N-dealkylation sites (tertiary alicyclic amines) is 1. The molecule has 1 saturated heterocycles. The van der Waals surface area contributed by atoms with Crippen molar-refractivity contribution in [1.82, 2.24) is 19.9 Å². The summed E-state index contributed by atoms with van der Waals surface area (Å²) < 4.78 is 0. The highest BCUT2D eigenvalue weighted by Gasteiger charge is 2.42. The van der Waals surface area contributed by atoms with Gasteiger partial charge in [0.1, 0.15) is 5.82 Å². The van der Waals surface area contributed by atoms with E-state index in [9.17, 15) is 4.79 Å². The van der Waals surface area contributed by atoms with Crippen molar-refractivity contribution in [2.75, 3.05) is 13.1 Å². The van der Waals surface area contributed by atoms with Gasteiger partial charge in [0, 0.05) is 48.7 Å². The first-order chi connectivity index (χ1) is 11.6. The highest BCUT2D eigenvalue weighted by molar-refractivity contribution is 5.79. The molecule has 3 heterocycles. The average molecular weight is 322 g/mol. The second-order valence-electron chi connectivity index (χ2n) is 7.15. The first-order valence-corrected chi connectivity index (χ1v) is 8.65. The quantitative estimate of drug-likeness (QED) is 0.870. The zero-order valence-corrected chi connectivity index (χ0v) is 14.1. The Bertz CT molecular complexity index is 759. The lowest BCUT2D eigenvalue weighted by atomic mass is 9.97. The van der Waals surface area contributed by atoms with E-state index in [1.54, 1.807) is 6.20 Å². The van der Waals surface area contributed by atoms with Crippen LogP contribution in [0.1, 0.15) is 48.5 Å². The molecule has 0 saturated carbocycles. The van der Waals surface area contributed by atoms with Crippen LogP contribution in [0.2, 0.25) is 0 Å². The Morgan fingerprint density at radius 2 is 2.17 bits per heavy atom. The fourth-order valence-corrected chi connectivity index (χ4v) is 3.85. The standard InChI is InChI=1S/C19H22N4O/c1-12(2)19-21-9-15-16-11-23(10-13(16)7-17(15)22-19)18(24)8-14-5-3-4-6-20-14/h3-6,9,12-13,16H,7-8,10-11H2,1-2H3/t13-,16+/m0/s1. The van der Waals surface area contributed by atoms with Crippen LogP contribution in [0.5, 0.6) is 0 Å². The van der Waals surface area contributed by atoms with Crippen LogP contribution >= 0.6 is 0 Å². The van der Waals surface area contributed by atoms with E-state index in [1.165, 1.54) is 11.3 Å². The van der Waals surface area contributed by atoms with Crippen LogP contribution in [0, 0.1) is 5.92 Å². The molecule has 1 amide bonds. The van der Waals surface area contributed by atoms with Gasteiger partial charge in [-0.25, -0.2) is 9.97 Å². The number of hydrogen-bond acceptors (Lipinski definition) is 4. The predicted molar refractivity (Wildman–Crippen MR) is 90.6 cm³/mol. The second kappa shape index (κ2) is 5.96. The Labute approximate surface area is 142 Å². The zero-order valence-electron chi connectivity index (χ0n) is 14.1. The smallest absolute Gasteiger partial charge is 0.228 e. The summed E-state index contributed by atoms with van der Waals surface area (Å²) in [6.07, 6.45) is 5.09. The molecule has 5 nitrogen and oxygen atoms in total. The largest absolute Gasteiger partial charge is 0.341 e. The number of pyridine rings is 1. The molecule has 0 bridgehead atoms. The second-order valence-corrected chi connectivity index (χ2v) is 7.15. The molecule has 1 aliphatic heterocycles. The first kappa shape index (κ1) is 15.2. The van der Waals surface area contributed by atoms with Gasteiger partial charge < -0.3 is 4.90 Å². The van der Waals surface area contributed by atoms with Crippen molar-refractivity contribution >= 4 is 5.91 Å². The van der Waals surface area contributed by atoms with Crippen molar-refractivity contribution in [2.24, 2.45) is 5.92 Å². The van der Waals surface area contributed by atoms with Crippen molar-refractivity contribution in [2.45, 2.75) is 38.5 Å². The fraction of sp³-hybridized carbons (Fsp3) is 0.474. The molecule has 1 aliphatic carbocycles. The summed E-state index contributed by atoms with van der Waals surface area (Å²) in [7, 11) is 0. The number of amides is 1. The molecule has 2 atom stereocenters. The number of aromatic nitrogens is 3. The molecule has 5 heteroatoms. The van der Waals surface area contributed by atoms with E-state index in [2.05, 4.69) is 23.8 Å². The molecule has 0 N–H and O–H groups in total. The summed E-state index contributed by atoms with van der Waals surface area (Å²) in [5.74, 6) is 2.34. The van der Waals surface area contributed by atoms with Crippen molar-refractivity contribution in [3.05, 3.63) is 53.4 Å². The Hall–Kier alpha value is -2.30. The highest BCUT2D eigenvalue weighted by atomic mass is 16.2.